The monoisotopic (exact) mass is 256 g/mol. The molecule has 0 unspecified atom stereocenters. The second-order valence-corrected chi connectivity index (χ2v) is 6.33. The van der Waals surface area contributed by atoms with Crippen LogP contribution in [0.1, 0.15) is 48.9 Å². The molecular formula is C17H20O2. The number of benzene rings is 1. The van der Waals surface area contributed by atoms with Crippen LogP contribution in [-0.4, -0.2) is 11.9 Å². The Morgan fingerprint density at radius 3 is 2.79 bits per heavy atom. The number of carbonyl (C=O) groups excluding carboxylic acids is 1. The van der Waals surface area contributed by atoms with Crippen LogP contribution in [0.25, 0.3) is 0 Å². The third-order valence-corrected chi connectivity index (χ3v) is 5.39. The Morgan fingerprint density at radius 2 is 1.84 bits per heavy atom. The highest BCUT2D eigenvalue weighted by molar-refractivity contribution is 6.01. The van der Waals surface area contributed by atoms with E-state index >= 15 is 0 Å². The van der Waals surface area contributed by atoms with Gasteiger partial charge in [0.25, 0.3) is 0 Å². The first-order valence-electron chi connectivity index (χ1n) is 7.64. The van der Waals surface area contributed by atoms with Crippen LogP contribution in [0.5, 0.6) is 5.75 Å². The lowest BCUT2D eigenvalue weighted by Gasteiger charge is -2.46. The second-order valence-electron chi connectivity index (χ2n) is 6.33. The van der Waals surface area contributed by atoms with Gasteiger partial charge in [-0.3, -0.25) is 4.79 Å². The van der Waals surface area contributed by atoms with Gasteiger partial charge in [0.15, 0.2) is 5.78 Å². The molecule has 1 aromatic rings. The first-order chi connectivity index (χ1) is 9.34. The van der Waals surface area contributed by atoms with E-state index in [0.29, 0.717) is 11.7 Å². The normalized spacial score (nSPS) is 36.7. The molecule has 0 amide bonds. The SMILES string of the molecule is O=C1c2ccccc2O[C@H]2CC[C@H]3CCCC[C@@H]3[C@@H]12. The molecule has 2 heteroatoms. The Kier molecular flexibility index (Phi) is 2.64. The van der Waals surface area contributed by atoms with Crippen molar-refractivity contribution in [1.29, 1.82) is 0 Å². The molecule has 100 valence electrons. The van der Waals surface area contributed by atoms with Crippen LogP contribution in [-0.2, 0) is 0 Å². The molecule has 4 atom stereocenters. The van der Waals surface area contributed by atoms with E-state index < -0.39 is 0 Å². The molecule has 0 bridgehead atoms. The molecule has 0 radical (unpaired) electrons. The lowest BCUT2D eigenvalue weighted by atomic mass is 9.62. The fourth-order valence-corrected chi connectivity index (χ4v) is 4.51. The van der Waals surface area contributed by atoms with Crippen molar-refractivity contribution in [2.75, 3.05) is 0 Å². The lowest BCUT2D eigenvalue weighted by molar-refractivity contribution is -0.00233. The van der Waals surface area contributed by atoms with Crippen LogP contribution in [0.3, 0.4) is 0 Å². The molecule has 0 aromatic heterocycles. The molecular weight excluding hydrogens is 236 g/mol. The fourth-order valence-electron chi connectivity index (χ4n) is 4.51. The van der Waals surface area contributed by atoms with Gasteiger partial charge in [0.2, 0.25) is 0 Å². The molecule has 3 aliphatic rings. The van der Waals surface area contributed by atoms with E-state index in [0.717, 1.165) is 23.7 Å². The van der Waals surface area contributed by atoms with Gasteiger partial charge in [0.05, 0.1) is 11.5 Å². The summed E-state index contributed by atoms with van der Waals surface area (Å²) in [7, 11) is 0. The molecule has 0 spiro atoms. The van der Waals surface area contributed by atoms with Gasteiger partial charge in [0.1, 0.15) is 11.9 Å². The number of ketones is 1. The quantitative estimate of drug-likeness (QED) is 0.705. The van der Waals surface area contributed by atoms with Crippen LogP contribution in [0.15, 0.2) is 24.3 Å². The third-order valence-electron chi connectivity index (χ3n) is 5.39. The molecule has 19 heavy (non-hydrogen) atoms. The van der Waals surface area contributed by atoms with Gasteiger partial charge in [-0.1, -0.05) is 31.4 Å². The Balaban J connectivity index is 1.72. The molecule has 1 aliphatic heterocycles. The molecule has 1 heterocycles. The predicted molar refractivity (Wildman–Crippen MR) is 73.4 cm³/mol. The Hall–Kier alpha value is -1.31. The van der Waals surface area contributed by atoms with Gasteiger partial charge >= 0.3 is 0 Å². The van der Waals surface area contributed by atoms with Crippen LogP contribution in [0.4, 0.5) is 0 Å². The Morgan fingerprint density at radius 1 is 1.00 bits per heavy atom. The zero-order valence-electron chi connectivity index (χ0n) is 11.2. The van der Waals surface area contributed by atoms with Gasteiger partial charge in [-0.05, 0) is 43.2 Å². The minimum atomic E-state index is 0.133. The summed E-state index contributed by atoms with van der Waals surface area (Å²) in [4.78, 5) is 12.8. The van der Waals surface area contributed by atoms with Crippen LogP contribution >= 0.6 is 0 Å². The van der Waals surface area contributed by atoms with Crippen LogP contribution in [0.2, 0.25) is 0 Å². The molecule has 1 aromatic carbocycles. The number of rotatable bonds is 0. The minimum Gasteiger partial charge on any atom is -0.489 e. The highest BCUT2D eigenvalue weighted by Crippen LogP contribution is 2.48. The Bertz CT molecular complexity index is 508. The number of para-hydroxylation sites is 1. The molecule has 2 aliphatic carbocycles. The van der Waals surface area contributed by atoms with E-state index in [1.54, 1.807) is 0 Å². The average molecular weight is 256 g/mol. The van der Waals surface area contributed by atoms with Gasteiger partial charge < -0.3 is 4.74 Å². The fraction of sp³-hybridized carbons (Fsp3) is 0.588. The summed E-state index contributed by atoms with van der Waals surface area (Å²) in [5.41, 5.74) is 0.815. The first kappa shape index (κ1) is 11.5. The van der Waals surface area contributed by atoms with E-state index in [1.165, 1.54) is 32.1 Å². The van der Waals surface area contributed by atoms with Crippen molar-refractivity contribution in [2.24, 2.45) is 17.8 Å². The van der Waals surface area contributed by atoms with Crippen molar-refractivity contribution < 1.29 is 9.53 Å². The molecule has 0 N–H and O–H groups in total. The summed E-state index contributed by atoms with van der Waals surface area (Å²) < 4.78 is 6.13. The summed E-state index contributed by atoms with van der Waals surface area (Å²) in [5.74, 6) is 2.64. The van der Waals surface area contributed by atoms with E-state index in [1.807, 2.05) is 24.3 Å². The summed E-state index contributed by atoms with van der Waals surface area (Å²) in [6.07, 6.45) is 7.64. The molecule has 2 fully saturated rings. The highest BCUT2D eigenvalue weighted by Gasteiger charge is 2.48. The van der Waals surface area contributed by atoms with Crippen LogP contribution in [0, 0.1) is 17.8 Å². The lowest BCUT2D eigenvalue weighted by Crippen LogP contribution is -2.48. The third kappa shape index (κ3) is 1.73. The molecule has 2 saturated carbocycles. The second kappa shape index (κ2) is 4.36. The highest BCUT2D eigenvalue weighted by atomic mass is 16.5. The standard InChI is InChI=1S/C17H20O2/c18-17-13-7-3-4-8-14(13)19-15-10-9-11-5-1-2-6-12(11)16(15)17/h3-4,7-8,11-12,15-16H,1-2,5-6,9-10H2/t11-,12+,15+,16-/m1/s1. The number of hydrogen-bond donors (Lipinski definition) is 0. The van der Waals surface area contributed by atoms with Crippen molar-refractivity contribution in [3.8, 4) is 5.75 Å². The maximum atomic E-state index is 12.8. The first-order valence-corrected chi connectivity index (χ1v) is 7.64. The number of ether oxygens (including phenoxy) is 1. The number of Topliss-reactive ketones (excluding diaryl/α,β-unsaturated/α-hetero) is 1. The number of hydrogen-bond acceptors (Lipinski definition) is 2. The minimum absolute atomic E-state index is 0.133. The molecule has 0 saturated heterocycles. The van der Waals surface area contributed by atoms with Gasteiger partial charge in [-0.2, -0.15) is 0 Å². The summed E-state index contributed by atoms with van der Waals surface area (Å²) in [5, 5.41) is 0. The van der Waals surface area contributed by atoms with E-state index in [-0.39, 0.29) is 12.0 Å². The topological polar surface area (TPSA) is 26.3 Å². The summed E-state index contributed by atoms with van der Waals surface area (Å²) in [6.45, 7) is 0. The van der Waals surface area contributed by atoms with Crippen molar-refractivity contribution in [1.82, 2.24) is 0 Å². The average Bonchev–Trinajstić information content (AvgIpc) is 2.47. The summed E-state index contributed by atoms with van der Waals surface area (Å²) >= 11 is 0. The number of carbonyl (C=O) groups is 1. The van der Waals surface area contributed by atoms with Gasteiger partial charge in [0, 0.05) is 0 Å². The van der Waals surface area contributed by atoms with E-state index in [2.05, 4.69) is 0 Å². The zero-order chi connectivity index (χ0) is 12.8. The molecule has 4 rings (SSSR count). The van der Waals surface area contributed by atoms with Crippen molar-refractivity contribution in [2.45, 2.75) is 44.6 Å². The summed E-state index contributed by atoms with van der Waals surface area (Å²) in [6, 6.07) is 7.77. The van der Waals surface area contributed by atoms with Crippen LogP contribution < -0.4 is 4.74 Å². The smallest absolute Gasteiger partial charge is 0.173 e. The zero-order valence-corrected chi connectivity index (χ0v) is 11.2. The maximum Gasteiger partial charge on any atom is 0.173 e. The van der Waals surface area contributed by atoms with E-state index in [4.69, 9.17) is 4.74 Å². The predicted octanol–water partition coefficient (Wildman–Crippen LogP) is 3.85. The van der Waals surface area contributed by atoms with Crippen molar-refractivity contribution in [3.63, 3.8) is 0 Å². The maximum absolute atomic E-state index is 12.8. The van der Waals surface area contributed by atoms with Crippen molar-refractivity contribution in [3.05, 3.63) is 29.8 Å². The van der Waals surface area contributed by atoms with Crippen molar-refractivity contribution >= 4 is 5.78 Å². The molecule has 2 nitrogen and oxygen atoms in total. The largest absolute Gasteiger partial charge is 0.489 e. The Labute approximate surface area is 114 Å². The van der Waals surface area contributed by atoms with E-state index in [9.17, 15) is 4.79 Å². The van der Waals surface area contributed by atoms with Gasteiger partial charge in [-0.15, -0.1) is 0 Å². The van der Waals surface area contributed by atoms with Gasteiger partial charge in [-0.25, -0.2) is 0 Å². The number of fused-ring (bicyclic) bond motifs is 4.